The molecule has 5 nitrogen and oxygen atoms in total. The minimum atomic E-state index is -0.202. The lowest BCUT2D eigenvalue weighted by Crippen LogP contribution is -2.32. The van der Waals surface area contributed by atoms with E-state index in [1.54, 1.807) is 12.5 Å². The smallest absolute Gasteiger partial charge is 0.269 e. The largest absolute Gasteiger partial charge is 0.395 e. The van der Waals surface area contributed by atoms with Crippen molar-refractivity contribution in [1.82, 2.24) is 14.9 Å². The zero-order valence-corrected chi connectivity index (χ0v) is 12.9. The highest BCUT2D eigenvalue weighted by Gasteiger charge is 2.41. The highest BCUT2D eigenvalue weighted by atomic mass is 16.3. The van der Waals surface area contributed by atoms with Crippen molar-refractivity contribution < 1.29 is 9.90 Å². The van der Waals surface area contributed by atoms with Crippen LogP contribution in [0.2, 0.25) is 0 Å². The van der Waals surface area contributed by atoms with Crippen molar-refractivity contribution in [1.29, 1.82) is 0 Å². The van der Waals surface area contributed by atoms with Gasteiger partial charge in [-0.15, -0.1) is 0 Å². The number of rotatable bonds is 4. The van der Waals surface area contributed by atoms with Gasteiger partial charge in [0.2, 0.25) is 0 Å². The van der Waals surface area contributed by atoms with Crippen LogP contribution < -0.4 is 5.32 Å². The van der Waals surface area contributed by atoms with Gasteiger partial charge in [0.1, 0.15) is 5.69 Å². The molecule has 0 saturated carbocycles. The number of aliphatic hydroxyl groups excluding tert-OH is 1. The second-order valence-electron chi connectivity index (χ2n) is 6.43. The summed E-state index contributed by atoms with van der Waals surface area (Å²) < 4.78 is 1.96. The number of aliphatic hydroxyl groups is 1. The monoisotopic (exact) mass is 299 g/mol. The third-order valence-electron chi connectivity index (χ3n) is 4.31. The highest BCUT2D eigenvalue weighted by Crippen LogP contribution is 2.47. The van der Waals surface area contributed by atoms with E-state index in [-0.39, 0.29) is 30.5 Å². The summed E-state index contributed by atoms with van der Waals surface area (Å²) >= 11 is 0. The first-order chi connectivity index (χ1) is 10.5. The summed E-state index contributed by atoms with van der Waals surface area (Å²) in [5.74, 6) is -0.202. The number of benzene rings is 1. The summed E-state index contributed by atoms with van der Waals surface area (Å²) in [6.07, 6.45) is 4.29. The van der Waals surface area contributed by atoms with Crippen LogP contribution in [-0.4, -0.2) is 33.7 Å². The van der Waals surface area contributed by atoms with E-state index >= 15 is 0 Å². The van der Waals surface area contributed by atoms with Crippen LogP contribution in [0.25, 0.3) is 0 Å². The van der Waals surface area contributed by atoms with Gasteiger partial charge < -0.3 is 15.0 Å². The number of aromatic nitrogens is 2. The SMILES string of the molecule is CC1(C)Cc2ccccc2C1n1cncc1C(=O)NCCO. The Kier molecular flexibility index (Phi) is 3.74. The number of nitrogens with zero attached hydrogens (tertiary/aromatic N) is 2. The van der Waals surface area contributed by atoms with Gasteiger partial charge in [0.05, 0.1) is 25.2 Å². The van der Waals surface area contributed by atoms with E-state index in [0.29, 0.717) is 5.69 Å². The molecule has 2 aromatic rings. The van der Waals surface area contributed by atoms with Crippen molar-refractivity contribution in [2.45, 2.75) is 26.3 Å². The maximum Gasteiger partial charge on any atom is 0.269 e. The highest BCUT2D eigenvalue weighted by molar-refractivity contribution is 5.92. The molecule has 2 N–H and O–H groups in total. The first kappa shape index (κ1) is 14.8. The van der Waals surface area contributed by atoms with Gasteiger partial charge in [-0.1, -0.05) is 38.1 Å². The number of fused-ring (bicyclic) bond motifs is 1. The number of nitrogens with one attached hydrogen (secondary N) is 1. The third-order valence-corrected chi connectivity index (χ3v) is 4.31. The Hall–Kier alpha value is -2.14. The molecule has 0 fully saturated rings. The van der Waals surface area contributed by atoms with Crippen LogP contribution in [0.4, 0.5) is 0 Å². The number of carbonyl (C=O) groups excluding carboxylic acids is 1. The van der Waals surface area contributed by atoms with Crippen LogP contribution in [0.5, 0.6) is 0 Å². The minimum Gasteiger partial charge on any atom is -0.395 e. The van der Waals surface area contributed by atoms with Crippen molar-refractivity contribution >= 4 is 5.91 Å². The molecule has 1 atom stereocenters. The summed E-state index contributed by atoms with van der Waals surface area (Å²) in [6, 6.07) is 8.46. The molecule has 0 radical (unpaired) electrons. The number of hydrogen-bond acceptors (Lipinski definition) is 3. The normalized spacial score (nSPS) is 19.0. The van der Waals surface area contributed by atoms with Gasteiger partial charge in [-0.2, -0.15) is 0 Å². The molecule has 1 amide bonds. The second-order valence-corrected chi connectivity index (χ2v) is 6.43. The van der Waals surface area contributed by atoms with Crippen molar-refractivity contribution in [3.63, 3.8) is 0 Å². The lowest BCUT2D eigenvalue weighted by molar-refractivity contribution is 0.0930. The van der Waals surface area contributed by atoms with E-state index in [9.17, 15) is 4.79 Å². The van der Waals surface area contributed by atoms with E-state index in [0.717, 1.165) is 6.42 Å². The molecule has 116 valence electrons. The first-order valence-electron chi connectivity index (χ1n) is 7.53. The van der Waals surface area contributed by atoms with Crippen molar-refractivity contribution in [2.75, 3.05) is 13.2 Å². The molecule has 3 rings (SSSR count). The molecule has 1 unspecified atom stereocenters. The fraction of sp³-hybridized carbons (Fsp3) is 0.412. The second kappa shape index (κ2) is 5.57. The molecular formula is C17H21N3O2. The van der Waals surface area contributed by atoms with E-state index in [2.05, 4.69) is 42.3 Å². The van der Waals surface area contributed by atoms with Gasteiger partial charge >= 0.3 is 0 Å². The van der Waals surface area contributed by atoms with Gasteiger partial charge in [0.25, 0.3) is 5.91 Å². The maximum absolute atomic E-state index is 12.3. The van der Waals surface area contributed by atoms with Crippen LogP contribution in [0, 0.1) is 5.41 Å². The van der Waals surface area contributed by atoms with Crippen LogP contribution in [0.1, 0.15) is 41.5 Å². The Labute approximate surface area is 130 Å². The average molecular weight is 299 g/mol. The molecule has 1 aliphatic rings. The summed E-state index contributed by atoms with van der Waals surface area (Å²) in [7, 11) is 0. The average Bonchev–Trinajstić information content (AvgIpc) is 3.04. The zero-order chi connectivity index (χ0) is 15.7. The third kappa shape index (κ3) is 2.41. The molecule has 1 aromatic heterocycles. The van der Waals surface area contributed by atoms with E-state index < -0.39 is 0 Å². The van der Waals surface area contributed by atoms with Gasteiger partial charge in [-0.25, -0.2) is 4.98 Å². The minimum absolute atomic E-state index is 0.0103. The van der Waals surface area contributed by atoms with E-state index in [4.69, 9.17) is 5.11 Å². The fourth-order valence-electron chi connectivity index (χ4n) is 3.44. The predicted octanol–water partition coefficient (Wildman–Crippen LogP) is 1.78. The quantitative estimate of drug-likeness (QED) is 0.904. The van der Waals surface area contributed by atoms with E-state index in [1.165, 1.54) is 11.1 Å². The Morgan fingerprint density at radius 2 is 2.23 bits per heavy atom. The van der Waals surface area contributed by atoms with Gasteiger partial charge in [0.15, 0.2) is 0 Å². The van der Waals surface area contributed by atoms with Gasteiger partial charge in [-0.3, -0.25) is 4.79 Å². The first-order valence-corrected chi connectivity index (χ1v) is 7.53. The molecule has 0 bridgehead atoms. The van der Waals surface area contributed by atoms with Crippen LogP contribution in [0.3, 0.4) is 0 Å². The maximum atomic E-state index is 12.3. The number of hydrogen-bond donors (Lipinski definition) is 2. The molecule has 0 saturated heterocycles. The molecule has 1 heterocycles. The standard InChI is InChI=1S/C17H21N3O2/c1-17(2)9-12-5-3-4-6-13(12)15(17)20-11-18-10-14(20)16(22)19-7-8-21/h3-6,10-11,15,21H,7-9H2,1-2H3,(H,19,22). The predicted molar refractivity (Wildman–Crippen MR) is 83.7 cm³/mol. The van der Waals surface area contributed by atoms with Crippen molar-refractivity contribution in [3.8, 4) is 0 Å². The molecule has 0 aliphatic heterocycles. The Bertz CT molecular complexity index is 691. The fourth-order valence-corrected chi connectivity index (χ4v) is 3.44. The lowest BCUT2D eigenvalue weighted by Gasteiger charge is -2.30. The summed E-state index contributed by atoms with van der Waals surface area (Å²) in [5, 5.41) is 11.6. The topological polar surface area (TPSA) is 67.2 Å². The summed E-state index contributed by atoms with van der Waals surface area (Å²) in [5.41, 5.74) is 3.12. The number of amides is 1. The Morgan fingerprint density at radius 3 is 3.00 bits per heavy atom. The van der Waals surface area contributed by atoms with Crippen LogP contribution in [0.15, 0.2) is 36.8 Å². The molecular weight excluding hydrogens is 278 g/mol. The molecule has 1 aromatic carbocycles. The summed E-state index contributed by atoms with van der Waals surface area (Å²) in [6.45, 7) is 4.60. The Balaban J connectivity index is 2.01. The lowest BCUT2D eigenvalue weighted by atomic mass is 9.85. The molecule has 1 aliphatic carbocycles. The number of carbonyl (C=O) groups is 1. The van der Waals surface area contributed by atoms with E-state index in [1.807, 2.05) is 10.6 Å². The summed E-state index contributed by atoms with van der Waals surface area (Å²) in [4.78, 5) is 16.5. The van der Waals surface area contributed by atoms with Crippen LogP contribution in [-0.2, 0) is 6.42 Å². The van der Waals surface area contributed by atoms with Crippen molar-refractivity contribution in [2.24, 2.45) is 5.41 Å². The van der Waals surface area contributed by atoms with Crippen LogP contribution >= 0.6 is 0 Å². The number of imidazole rings is 1. The Morgan fingerprint density at radius 1 is 1.45 bits per heavy atom. The molecule has 22 heavy (non-hydrogen) atoms. The van der Waals surface area contributed by atoms with Gasteiger partial charge in [0, 0.05) is 6.54 Å². The molecule has 5 heteroatoms. The zero-order valence-electron chi connectivity index (χ0n) is 12.9. The van der Waals surface area contributed by atoms with Gasteiger partial charge in [-0.05, 0) is 23.0 Å². The van der Waals surface area contributed by atoms with Crippen molar-refractivity contribution in [3.05, 3.63) is 53.6 Å². The molecule has 0 spiro atoms.